The third-order valence-corrected chi connectivity index (χ3v) is 5.73. The molecule has 0 unspecified atom stereocenters. The smallest absolute Gasteiger partial charge is 0.193 e. The second kappa shape index (κ2) is 10.5. The van der Waals surface area contributed by atoms with Gasteiger partial charge in [0.15, 0.2) is 5.96 Å². The van der Waals surface area contributed by atoms with Crippen molar-refractivity contribution in [3.05, 3.63) is 45.0 Å². The zero-order chi connectivity index (χ0) is 16.8. The largest absolute Gasteiger partial charge is 0.469 e. The Morgan fingerprint density at radius 2 is 2.08 bits per heavy atom. The molecule has 0 radical (unpaired) electrons. The highest BCUT2D eigenvalue weighted by atomic mass is 127. The number of nitrogens with zero attached hydrogens (tertiary/aromatic N) is 3. The Morgan fingerprint density at radius 1 is 1.28 bits per heavy atom. The van der Waals surface area contributed by atoms with Crippen molar-refractivity contribution in [1.82, 2.24) is 15.1 Å². The average Bonchev–Trinajstić information content (AvgIpc) is 3.24. The van der Waals surface area contributed by atoms with Crippen LogP contribution in [0.3, 0.4) is 0 Å². The number of hydrogen-bond acceptors (Lipinski definition) is 4. The molecule has 0 aliphatic carbocycles. The highest BCUT2D eigenvalue weighted by molar-refractivity contribution is 14.0. The van der Waals surface area contributed by atoms with Gasteiger partial charge in [0.05, 0.1) is 10.0 Å². The van der Waals surface area contributed by atoms with E-state index in [-0.39, 0.29) is 24.0 Å². The summed E-state index contributed by atoms with van der Waals surface area (Å²) in [6.45, 7) is 6.01. The lowest BCUT2D eigenvalue weighted by atomic mass is 10.3. The molecule has 0 aromatic carbocycles. The van der Waals surface area contributed by atoms with Crippen LogP contribution in [0.2, 0.25) is 0 Å². The molecule has 1 N–H and O–H groups in total. The van der Waals surface area contributed by atoms with Crippen molar-refractivity contribution in [3.8, 4) is 0 Å². The van der Waals surface area contributed by atoms with Crippen LogP contribution in [0.15, 0.2) is 43.7 Å². The average molecular weight is 539 g/mol. The van der Waals surface area contributed by atoms with Crippen LogP contribution >= 0.6 is 51.2 Å². The fourth-order valence-corrected chi connectivity index (χ4v) is 4.39. The molecule has 2 aromatic heterocycles. The van der Waals surface area contributed by atoms with E-state index in [1.807, 2.05) is 30.5 Å². The van der Waals surface area contributed by atoms with Gasteiger partial charge in [-0.25, -0.2) is 0 Å². The second-order valence-corrected chi connectivity index (χ2v) is 8.32. The number of guanidine groups is 1. The zero-order valence-corrected chi connectivity index (χ0v) is 19.0. The summed E-state index contributed by atoms with van der Waals surface area (Å²) in [4.78, 5) is 10.7. The molecule has 1 saturated heterocycles. The van der Waals surface area contributed by atoms with Crippen molar-refractivity contribution in [3.63, 3.8) is 0 Å². The summed E-state index contributed by atoms with van der Waals surface area (Å²) in [5.41, 5.74) is 0. The van der Waals surface area contributed by atoms with Crippen LogP contribution in [0.4, 0.5) is 0 Å². The molecular formula is C17H24BrIN4OS. The summed E-state index contributed by atoms with van der Waals surface area (Å²) in [6, 6.07) is 8.26. The quantitative estimate of drug-likeness (QED) is 0.358. The van der Waals surface area contributed by atoms with E-state index in [0.29, 0.717) is 0 Å². The minimum Gasteiger partial charge on any atom is -0.469 e. The molecule has 2 aromatic rings. The summed E-state index contributed by atoms with van der Waals surface area (Å²) >= 11 is 5.35. The number of furan rings is 1. The number of halogens is 2. The Labute approximate surface area is 178 Å². The highest BCUT2D eigenvalue weighted by Crippen LogP contribution is 2.23. The molecule has 0 saturated carbocycles. The van der Waals surface area contributed by atoms with Gasteiger partial charge >= 0.3 is 0 Å². The molecule has 5 nitrogen and oxygen atoms in total. The Hall–Kier alpha value is -0.580. The van der Waals surface area contributed by atoms with Crippen LogP contribution in [0.5, 0.6) is 0 Å². The maximum Gasteiger partial charge on any atom is 0.193 e. The molecule has 8 heteroatoms. The topological polar surface area (TPSA) is 44.0 Å². The number of rotatable bonds is 5. The van der Waals surface area contributed by atoms with Gasteiger partial charge in [-0.1, -0.05) is 0 Å². The first kappa shape index (κ1) is 20.7. The predicted molar refractivity (Wildman–Crippen MR) is 118 cm³/mol. The molecule has 0 atom stereocenters. The van der Waals surface area contributed by atoms with Crippen molar-refractivity contribution in [2.24, 2.45) is 4.99 Å². The Kier molecular flexibility index (Phi) is 8.74. The van der Waals surface area contributed by atoms with E-state index in [9.17, 15) is 0 Å². The Morgan fingerprint density at radius 3 is 2.68 bits per heavy atom. The zero-order valence-electron chi connectivity index (χ0n) is 14.3. The first-order valence-electron chi connectivity index (χ1n) is 8.19. The standard InChI is InChI=1S/C17H23BrN4OS.HI/c1-19-17(20-7-6-14-3-2-12-23-14)22-10-8-21(9-11-22)13-15-4-5-16(18)24-15;/h2-5,12H,6-11,13H2,1H3,(H,19,20);1H. The molecule has 3 rings (SSSR count). The van der Waals surface area contributed by atoms with Crippen LogP contribution in [-0.4, -0.2) is 55.5 Å². The molecule has 1 aliphatic rings. The molecule has 25 heavy (non-hydrogen) atoms. The summed E-state index contributed by atoms with van der Waals surface area (Å²) in [5.74, 6) is 1.99. The van der Waals surface area contributed by atoms with Crippen molar-refractivity contribution >= 4 is 57.2 Å². The summed E-state index contributed by atoms with van der Waals surface area (Å²) in [7, 11) is 1.85. The van der Waals surface area contributed by atoms with Crippen LogP contribution < -0.4 is 5.32 Å². The van der Waals surface area contributed by atoms with Gasteiger partial charge in [-0.2, -0.15) is 0 Å². The highest BCUT2D eigenvalue weighted by Gasteiger charge is 2.19. The molecular weight excluding hydrogens is 515 g/mol. The third kappa shape index (κ3) is 6.26. The lowest BCUT2D eigenvalue weighted by Gasteiger charge is -2.36. The van der Waals surface area contributed by atoms with E-state index in [4.69, 9.17) is 4.42 Å². The number of piperazine rings is 1. The van der Waals surface area contributed by atoms with Crippen molar-refractivity contribution in [1.29, 1.82) is 0 Å². The lowest BCUT2D eigenvalue weighted by molar-refractivity contribution is 0.174. The van der Waals surface area contributed by atoms with E-state index in [2.05, 4.69) is 48.2 Å². The molecule has 0 spiro atoms. The van der Waals surface area contributed by atoms with Gasteiger partial charge in [0.25, 0.3) is 0 Å². The predicted octanol–water partition coefficient (Wildman–Crippen LogP) is 3.66. The second-order valence-electron chi connectivity index (χ2n) is 5.77. The summed E-state index contributed by atoms with van der Waals surface area (Å²) in [5, 5.41) is 3.44. The molecule has 1 aliphatic heterocycles. The molecule has 0 amide bonds. The fourth-order valence-electron chi connectivity index (χ4n) is 2.86. The Balaban J connectivity index is 0.00000225. The minimum atomic E-state index is 0. The normalized spacial score (nSPS) is 15.9. The van der Waals surface area contributed by atoms with Gasteiger partial charge < -0.3 is 14.6 Å². The van der Waals surface area contributed by atoms with Crippen LogP contribution in [-0.2, 0) is 13.0 Å². The van der Waals surface area contributed by atoms with E-state index in [1.165, 1.54) is 8.66 Å². The van der Waals surface area contributed by atoms with Crippen molar-refractivity contribution in [2.45, 2.75) is 13.0 Å². The van der Waals surface area contributed by atoms with E-state index in [1.54, 1.807) is 6.26 Å². The maximum absolute atomic E-state index is 5.36. The SMILES string of the molecule is CN=C(NCCc1ccco1)N1CCN(Cc2ccc(Br)s2)CC1.I. The monoisotopic (exact) mass is 538 g/mol. The summed E-state index contributed by atoms with van der Waals surface area (Å²) in [6.07, 6.45) is 2.59. The van der Waals surface area contributed by atoms with Crippen LogP contribution in [0.25, 0.3) is 0 Å². The van der Waals surface area contributed by atoms with Crippen molar-refractivity contribution < 1.29 is 4.42 Å². The Bertz CT molecular complexity index is 653. The van der Waals surface area contributed by atoms with Gasteiger partial charge in [-0.3, -0.25) is 9.89 Å². The number of hydrogen-bond donors (Lipinski definition) is 1. The van der Waals surface area contributed by atoms with E-state index in [0.717, 1.165) is 57.4 Å². The number of thiophene rings is 1. The van der Waals surface area contributed by atoms with Crippen molar-refractivity contribution in [2.75, 3.05) is 39.8 Å². The third-order valence-electron chi connectivity index (χ3n) is 4.13. The van der Waals surface area contributed by atoms with Gasteiger partial charge in [-0.15, -0.1) is 35.3 Å². The van der Waals surface area contributed by atoms with Crippen LogP contribution in [0, 0.1) is 0 Å². The van der Waals surface area contributed by atoms with Gasteiger partial charge in [-0.05, 0) is 40.2 Å². The van der Waals surface area contributed by atoms with E-state index >= 15 is 0 Å². The van der Waals surface area contributed by atoms with Gasteiger partial charge in [0.2, 0.25) is 0 Å². The molecule has 3 heterocycles. The van der Waals surface area contributed by atoms with Gasteiger partial charge in [0, 0.05) is 57.6 Å². The first-order chi connectivity index (χ1) is 11.7. The van der Waals surface area contributed by atoms with Gasteiger partial charge in [0.1, 0.15) is 5.76 Å². The maximum atomic E-state index is 5.36. The first-order valence-corrected chi connectivity index (χ1v) is 9.80. The number of aliphatic imine (C=N–C) groups is 1. The number of nitrogens with one attached hydrogen (secondary N) is 1. The minimum absolute atomic E-state index is 0. The molecule has 0 bridgehead atoms. The lowest BCUT2D eigenvalue weighted by Crippen LogP contribution is -2.52. The molecule has 138 valence electrons. The fraction of sp³-hybridized carbons (Fsp3) is 0.471. The molecule has 1 fully saturated rings. The summed E-state index contributed by atoms with van der Waals surface area (Å²) < 4.78 is 6.57. The van der Waals surface area contributed by atoms with Crippen LogP contribution in [0.1, 0.15) is 10.6 Å². The van der Waals surface area contributed by atoms with E-state index < -0.39 is 0 Å².